The zero-order valence-corrected chi connectivity index (χ0v) is 15.0. The molecule has 1 aliphatic rings. The quantitative estimate of drug-likeness (QED) is 0.628. The van der Waals surface area contributed by atoms with Gasteiger partial charge >= 0.3 is 0 Å². The average Bonchev–Trinajstić information content (AvgIpc) is 2.58. The van der Waals surface area contributed by atoms with Crippen molar-refractivity contribution in [3.8, 4) is 5.75 Å². The Morgan fingerprint density at radius 2 is 2.12 bits per heavy atom. The van der Waals surface area contributed by atoms with Gasteiger partial charge in [-0.3, -0.25) is 14.4 Å². The molecule has 0 spiro atoms. The Balaban J connectivity index is 2.14. The molecule has 0 saturated carbocycles. The normalized spacial score (nSPS) is 15.2. The van der Waals surface area contributed by atoms with Gasteiger partial charge in [0.15, 0.2) is 0 Å². The van der Waals surface area contributed by atoms with Crippen molar-refractivity contribution >= 4 is 29.1 Å². The summed E-state index contributed by atoms with van der Waals surface area (Å²) >= 11 is 0. The number of hydrogen-bond donors (Lipinski definition) is 1. The molecular formula is C18H23N3O4. The van der Waals surface area contributed by atoms with Crippen molar-refractivity contribution in [2.45, 2.75) is 13.8 Å². The molecular weight excluding hydrogens is 322 g/mol. The molecule has 1 aliphatic heterocycles. The van der Waals surface area contributed by atoms with Gasteiger partial charge in [-0.2, -0.15) is 0 Å². The summed E-state index contributed by atoms with van der Waals surface area (Å²) in [5.41, 5.74) is 0.746. The maximum absolute atomic E-state index is 12.3. The van der Waals surface area contributed by atoms with Crippen molar-refractivity contribution in [3.63, 3.8) is 0 Å². The van der Waals surface area contributed by atoms with Gasteiger partial charge in [0.05, 0.1) is 24.8 Å². The molecule has 0 aliphatic carbocycles. The number of likely N-dealkylation sites (N-methyl/N-ethyl adjacent to an activating group) is 1. The number of methoxy groups -OCH3 is 1. The SMILES string of the molecule is C=CC(=O)N(C)CC(=O)Nc1ccc(OC)c(N2CC(C)(C)C2=O)c1. The summed E-state index contributed by atoms with van der Waals surface area (Å²) in [7, 11) is 3.05. The lowest BCUT2D eigenvalue weighted by Crippen LogP contribution is -2.58. The standard InChI is InChI=1S/C18H23N3O4/c1-6-16(23)20(4)10-15(22)19-12-7-8-14(25-5)13(9-12)21-11-18(2,3)17(21)24/h6-9H,1,10-11H2,2-5H3,(H,19,22). The maximum atomic E-state index is 12.3. The highest BCUT2D eigenvalue weighted by Gasteiger charge is 2.45. The van der Waals surface area contributed by atoms with Gasteiger partial charge in [-0.1, -0.05) is 6.58 Å². The van der Waals surface area contributed by atoms with Gasteiger partial charge in [-0.05, 0) is 38.1 Å². The number of anilines is 2. The predicted octanol–water partition coefficient (Wildman–Crippen LogP) is 1.65. The smallest absolute Gasteiger partial charge is 0.246 e. The monoisotopic (exact) mass is 345 g/mol. The predicted molar refractivity (Wildman–Crippen MR) is 95.6 cm³/mol. The highest BCUT2D eigenvalue weighted by atomic mass is 16.5. The number of nitrogens with one attached hydrogen (secondary N) is 1. The molecule has 1 heterocycles. The first-order valence-electron chi connectivity index (χ1n) is 7.87. The number of β-lactam (4-membered cyclic amide) rings is 1. The van der Waals surface area contributed by atoms with Crippen LogP contribution in [0.5, 0.6) is 5.75 Å². The van der Waals surface area contributed by atoms with E-state index in [1.165, 1.54) is 19.1 Å². The summed E-state index contributed by atoms with van der Waals surface area (Å²) < 4.78 is 5.32. The first-order chi connectivity index (χ1) is 11.7. The zero-order valence-electron chi connectivity index (χ0n) is 15.0. The molecule has 1 aromatic rings. The Bertz CT molecular complexity index is 727. The van der Waals surface area contributed by atoms with Crippen LogP contribution in [0.15, 0.2) is 30.9 Å². The van der Waals surface area contributed by atoms with Crippen molar-refractivity contribution in [1.29, 1.82) is 0 Å². The molecule has 0 unspecified atom stereocenters. The number of ether oxygens (including phenoxy) is 1. The number of amides is 3. The van der Waals surface area contributed by atoms with Crippen molar-refractivity contribution < 1.29 is 19.1 Å². The van der Waals surface area contributed by atoms with E-state index < -0.39 is 5.41 Å². The number of benzene rings is 1. The van der Waals surface area contributed by atoms with E-state index in [0.29, 0.717) is 23.7 Å². The van der Waals surface area contributed by atoms with Gasteiger partial charge in [0, 0.05) is 19.3 Å². The lowest BCUT2D eigenvalue weighted by molar-refractivity contribution is -0.132. The van der Waals surface area contributed by atoms with Crippen LogP contribution in [0.3, 0.4) is 0 Å². The van der Waals surface area contributed by atoms with Crippen LogP contribution < -0.4 is 15.0 Å². The van der Waals surface area contributed by atoms with E-state index in [1.807, 2.05) is 13.8 Å². The summed E-state index contributed by atoms with van der Waals surface area (Å²) in [4.78, 5) is 38.7. The maximum Gasteiger partial charge on any atom is 0.246 e. The van der Waals surface area contributed by atoms with Gasteiger partial charge in [0.2, 0.25) is 17.7 Å². The van der Waals surface area contributed by atoms with E-state index in [9.17, 15) is 14.4 Å². The number of hydrogen-bond acceptors (Lipinski definition) is 4. The molecule has 0 atom stereocenters. The Morgan fingerprint density at radius 1 is 1.44 bits per heavy atom. The second-order valence-corrected chi connectivity index (χ2v) is 6.61. The number of carbonyl (C=O) groups excluding carboxylic acids is 3. The molecule has 3 amide bonds. The van der Waals surface area contributed by atoms with Gasteiger partial charge in [-0.25, -0.2) is 0 Å². The summed E-state index contributed by atoms with van der Waals surface area (Å²) in [5.74, 6) is -0.116. The van der Waals surface area contributed by atoms with Crippen molar-refractivity contribution in [1.82, 2.24) is 4.90 Å². The molecule has 1 aromatic carbocycles. The Kier molecular flexibility index (Phi) is 5.15. The van der Waals surface area contributed by atoms with Crippen LogP contribution >= 0.6 is 0 Å². The summed E-state index contributed by atoms with van der Waals surface area (Å²) in [6.45, 7) is 7.64. The van der Waals surface area contributed by atoms with Crippen molar-refractivity contribution in [3.05, 3.63) is 30.9 Å². The molecule has 25 heavy (non-hydrogen) atoms. The third-order valence-corrected chi connectivity index (χ3v) is 4.06. The number of carbonyl (C=O) groups is 3. The largest absolute Gasteiger partial charge is 0.495 e. The molecule has 7 nitrogen and oxygen atoms in total. The van der Waals surface area contributed by atoms with Gasteiger partial charge in [-0.15, -0.1) is 0 Å². The second-order valence-electron chi connectivity index (χ2n) is 6.61. The van der Waals surface area contributed by atoms with E-state index in [1.54, 1.807) is 23.1 Å². The first kappa shape index (κ1) is 18.5. The molecule has 7 heteroatoms. The van der Waals surface area contributed by atoms with Crippen LogP contribution in [-0.2, 0) is 14.4 Å². The van der Waals surface area contributed by atoms with Crippen LogP contribution in [0.4, 0.5) is 11.4 Å². The topological polar surface area (TPSA) is 79.0 Å². The van der Waals surface area contributed by atoms with E-state index in [-0.39, 0.29) is 24.3 Å². The van der Waals surface area contributed by atoms with Crippen LogP contribution in [-0.4, -0.2) is 49.9 Å². The van der Waals surface area contributed by atoms with Crippen LogP contribution in [0.1, 0.15) is 13.8 Å². The summed E-state index contributed by atoms with van der Waals surface area (Å²) in [6.07, 6.45) is 1.15. The van der Waals surface area contributed by atoms with E-state index in [4.69, 9.17) is 4.74 Å². The Hall–Kier alpha value is -2.83. The average molecular weight is 345 g/mol. The van der Waals surface area contributed by atoms with Gasteiger partial charge < -0.3 is 19.9 Å². The van der Waals surface area contributed by atoms with E-state index >= 15 is 0 Å². The molecule has 1 fully saturated rings. The van der Waals surface area contributed by atoms with Gasteiger partial charge in [0.25, 0.3) is 0 Å². The minimum atomic E-state index is -0.391. The highest BCUT2D eigenvalue weighted by molar-refractivity contribution is 6.05. The molecule has 0 radical (unpaired) electrons. The molecule has 1 saturated heterocycles. The van der Waals surface area contributed by atoms with E-state index in [2.05, 4.69) is 11.9 Å². The Morgan fingerprint density at radius 3 is 2.64 bits per heavy atom. The fraction of sp³-hybridized carbons (Fsp3) is 0.389. The molecule has 134 valence electrons. The molecule has 1 N–H and O–H groups in total. The molecule has 0 bridgehead atoms. The van der Waals surface area contributed by atoms with E-state index in [0.717, 1.165) is 6.08 Å². The fourth-order valence-corrected chi connectivity index (χ4v) is 2.63. The fourth-order valence-electron chi connectivity index (χ4n) is 2.63. The third kappa shape index (κ3) is 3.81. The highest BCUT2D eigenvalue weighted by Crippen LogP contribution is 2.40. The first-order valence-corrected chi connectivity index (χ1v) is 7.87. The minimum absolute atomic E-state index is 0.00518. The van der Waals surface area contributed by atoms with Crippen LogP contribution in [0, 0.1) is 5.41 Å². The minimum Gasteiger partial charge on any atom is -0.495 e. The summed E-state index contributed by atoms with van der Waals surface area (Å²) in [5, 5.41) is 2.72. The zero-order chi connectivity index (χ0) is 18.8. The van der Waals surface area contributed by atoms with Crippen molar-refractivity contribution in [2.75, 3.05) is 37.5 Å². The number of nitrogens with zero attached hydrogens (tertiary/aromatic N) is 2. The lowest BCUT2D eigenvalue weighted by atomic mass is 9.82. The Labute approximate surface area is 147 Å². The number of rotatable bonds is 6. The lowest BCUT2D eigenvalue weighted by Gasteiger charge is -2.44. The second kappa shape index (κ2) is 6.96. The van der Waals surface area contributed by atoms with Crippen LogP contribution in [0.25, 0.3) is 0 Å². The van der Waals surface area contributed by atoms with Crippen molar-refractivity contribution in [2.24, 2.45) is 5.41 Å². The molecule has 0 aromatic heterocycles. The van der Waals surface area contributed by atoms with Gasteiger partial charge in [0.1, 0.15) is 5.75 Å². The van der Waals surface area contributed by atoms with Crippen LogP contribution in [0.2, 0.25) is 0 Å². The third-order valence-electron chi connectivity index (χ3n) is 4.06. The molecule has 2 rings (SSSR count). The summed E-state index contributed by atoms with van der Waals surface area (Å²) in [6, 6.07) is 5.08.